The predicted molar refractivity (Wildman–Crippen MR) is 147 cm³/mol. The van der Waals surface area contributed by atoms with Gasteiger partial charge in [-0.1, -0.05) is 42.5 Å². The summed E-state index contributed by atoms with van der Waals surface area (Å²) in [6.45, 7) is 2.66. The lowest BCUT2D eigenvalue weighted by molar-refractivity contribution is -0.119. The standard InChI is InChI=1S/C32H29FN2O4/c1-3-39-26-18-14-24(15-19-26)34-31(36)29-27-6-4-5-7-28(27)32(37)35(20-21-8-12-23(33)13-9-21)30(29)22-10-16-25(38-2)17-11-22/h4-19,29-30H,3,20H2,1-2H3,(H,34,36)/t29-,30-/m0/s1. The molecule has 4 aromatic carbocycles. The highest BCUT2D eigenvalue weighted by molar-refractivity contribution is 6.04. The number of ether oxygens (including phenoxy) is 2. The van der Waals surface area contributed by atoms with Crippen LogP contribution in [-0.2, 0) is 11.3 Å². The number of carbonyl (C=O) groups is 2. The maximum atomic E-state index is 14.0. The largest absolute Gasteiger partial charge is 0.497 e. The van der Waals surface area contributed by atoms with Gasteiger partial charge in [0.1, 0.15) is 17.3 Å². The highest BCUT2D eigenvalue weighted by Gasteiger charge is 2.44. The molecule has 0 unspecified atom stereocenters. The molecular formula is C32H29FN2O4. The second-order valence-electron chi connectivity index (χ2n) is 9.29. The number of benzene rings is 4. The van der Waals surface area contributed by atoms with Gasteiger partial charge < -0.3 is 19.7 Å². The fraction of sp³-hybridized carbons (Fsp3) is 0.188. The van der Waals surface area contributed by atoms with Crippen molar-refractivity contribution in [2.24, 2.45) is 0 Å². The first-order valence-electron chi connectivity index (χ1n) is 12.8. The Labute approximate surface area is 227 Å². The van der Waals surface area contributed by atoms with Gasteiger partial charge in [-0.25, -0.2) is 4.39 Å². The number of nitrogens with zero attached hydrogens (tertiary/aromatic N) is 1. The maximum absolute atomic E-state index is 14.0. The normalized spacial score (nSPS) is 16.4. The van der Waals surface area contributed by atoms with Crippen molar-refractivity contribution < 1.29 is 23.5 Å². The summed E-state index contributed by atoms with van der Waals surface area (Å²) >= 11 is 0. The molecule has 1 N–H and O–H groups in total. The molecule has 2 amide bonds. The van der Waals surface area contributed by atoms with Crippen LogP contribution < -0.4 is 14.8 Å². The molecule has 0 saturated heterocycles. The first-order valence-corrected chi connectivity index (χ1v) is 12.8. The highest BCUT2D eigenvalue weighted by Crippen LogP contribution is 2.44. The Morgan fingerprint density at radius 2 is 1.56 bits per heavy atom. The van der Waals surface area contributed by atoms with E-state index in [1.807, 2.05) is 43.3 Å². The SMILES string of the molecule is CCOc1ccc(NC(=O)[C@H]2c3ccccc3C(=O)N(Cc3ccc(F)cc3)[C@H]2c2ccc(OC)cc2)cc1. The fourth-order valence-corrected chi connectivity index (χ4v) is 5.03. The molecule has 1 heterocycles. The third-order valence-electron chi connectivity index (χ3n) is 6.88. The van der Waals surface area contributed by atoms with Gasteiger partial charge in [-0.05, 0) is 78.2 Å². The summed E-state index contributed by atoms with van der Waals surface area (Å²) in [5.41, 5.74) is 3.29. The number of halogens is 1. The van der Waals surface area contributed by atoms with Gasteiger partial charge in [0.05, 0.1) is 25.7 Å². The number of methoxy groups -OCH3 is 1. The van der Waals surface area contributed by atoms with Crippen molar-refractivity contribution in [2.45, 2.75) is 25.4 Å². The van der Waals surface area contributed by atoms with Crippen LogP contribution in [0.1, 0.15) is 45.9 Å². The van der Waals surface area contributed by atoms with Gasteiger partial charge in [-0.15, -0.1) is 0 Å². The van der Waals surface area contributed by atoms with Crippen LogP contribution in [0.25, 0.3) is 0 Å². The first kappa shape index (κ1) is 26.0. The number of carbonyl (C=O) groups excluding carboxylic acids is 2. The number of nitrogens with one attached hydrogen (secondary N) is 1. The lowest BCUT2D eigenvalue weighted by Gasteiger charge is -2.42. The Kier molecular flexibility index (Phi) is 7.59. The molecule has 0 bridgehead atoms. The van der Waals surface area contributed by atoms with Crippen LogP contribution in [0, 0.1) is 5.82 Å². The Morgan fingerprint density at radius 3 is 2.23 bits per heavy atom. The van der Waals surface area contributed by atoms with Gasteiger partial charge in [0.2, 0.25) is 5.91 Å². The van der Waals surface area contributed by atoms with Gasteiger partial charge in [0, 0.05) is 17.8 Å². The molecule has 0 saturated carbocycles. The summed E-state index contributed by atoms with van der Waals surface area (Å²) in [6.07, 6.45) is 0. The maximum Gasteiger partial charge on any atom is 0.255 e. The molecule has 0 aromatic heterocycles. The molecular weight excluding hydrogens is 495 g/mol. The van der Waals surface area contributed by atoms with Crippen molar-refractivity contribution >= 4 is 17.5 Å². The minimum atomic E-state index is -0.709. The van der Waals surface area contributed by atoms with Crippen molar-refractivity contribution in [2.75, 3.05) is 19.0 Å². The van der Waals surface area contributed by atoms with Gasteiger partial charge in [0.25, 0.3) is 5.91 Å². The van der Waals surface area contributed by atoms with Crippen molar-refractivity contribution in [3.05, 3.63) is 125 Å². The Morgan fingerprint density at radius 1 is 0.897 bits per heavy atom. The van der Waals surface area contributed by atoms with E-state index in [2.05, 4.69) is 5.32 Å². The number of anilines is 1. The quantitative estimate of drug-likeness (QED) is 0.292. The third kappa shape index (κ3) is 5.48. The molecule has 2 atom stereocenters. The number of hydrogen-bond acceptors (Lipinski definition) is 4. The van der Waals surface area contributed by atoms with Crippen molar-refractivity contribution in [3.63, 3.8) is 0 Å². The second-order valence-corrected chi connectivity index (χ2v) is 9.29. The lowest BCUT2D eigenvalue weighted by Crippen LogP contribution is -2.45. The third-order valence-corrected chi connectivity index (χ3v) is 6.88. The molecule has 1 aliphatic heterocycles. The Bertz CT molecular complexity index is 1450. The van der Waals surface area contributed by atoms with E-state index in [4.69, 9.17) is 9.47 Å². The summed E-state index contributed by atoms with van der Waals surface area (Å²) in [7, 11) is 1.59. The molecule has 1 aliphatic rings. The average molecular weight is 525 g/mol. The molecule has 7 heteroatoms. The number of rotatable bonds is 8. The first-order chi connectivity index (χ1) is 19.0. The van der Waals surface area contributed by atoms with Crippen LogP contribution in [0.5, 0.6) is 11.5 Å². The zero-order valence-electron chi connectivity index (χ0n) is 21.8. The van der Waals surface area contributed by atoms with E-state index in [1.54, 1.807) is 60.5 Å². The summed E-state index contributed by atoms with van der Waals surface area (Å²) in [5.74, 6) is -0.120. The van der Waals surface area contributed by atoms with Crippen LogP contribution in [0.15, 0.2) is 97.1 Å². The van der Waals surface area contributed by atoms with E-state index in [1.165, 1.54) is 12.1 Å². The topological polar surface area (TPSA) is 67.9 Å². The van der Waals surface area contributed by atoms with E-state index >= 15 is 0 Å². The van der Waals surface area contributed by atoms with E-state index in [0.717, 1.165) is 11.1 Å². The Hall–Kier alpha value is -4.65. The van der Waals surface area contributed by atoms with Crippen molar-refractivity contribution in [1.82, 2.24) is 4.90 Å². The van der Waals surface area contributed by atoms with Crippen LogP contribution in [0.3, 0.4) is 0 Å². The van der Waals surface area contributed by atoms with Gasteiger partial charge in [0.15, 0.2) is 0 Å². The highest BCUT2D eigenvalue weighted by atomic mass is 19.1. The molecule has 0 spiro atoms. The summed E-state index contributed by atoms with van der Waals surface area (Å²) in [6, 6.07) is 27.2. The van der Waals surface area contributed by atoms with Gasteiger partial charge >= 0.3 is 0 Å². The van der Waals surface area contributed by atoms with E-state index in [9.17, 15) is 14.0 Å². The van der Waals surface area contributed by atoms with Gasteiger partial charge in [-0.2, -0.15) is 0 Å². The van der Waals surface area contributed by atoms with Crippen LogP contribution in [-0.4, -0.2) is 30.4 Å². The summed E-state index contributed by atoms with van der Waals surface area (Å²) < 4.78 is 24.5. The van der Waals surface area contributed by atoms with Crippen LogP contribution >= 0.6 is 0 Å². The van der Waals surface area contributed by atoms with Crippen LogP contribution in [0.2, 0.25) is 0 Å². The lowest BCUT2D eigenvalue weighted by atomic mass is 9.79. The van der Waals surface area contributed by atoms with Gasteiger partial charge in [-0.3, -0.25) is 9.59 Å². The minimum absolute atomic E-state index is 0.194. The zero-order valence-corrected chi connectivity index (χ0v) is 21.8. The molecule has 198 valence electrons. The average Bonchev–Trinajstić information content (AvgIpc) is 2.96. The van der Waals surface area contributed by atoms with Crippen LogP contribution in [0.4, 0.5) is 10.1 Å². The summed E-state index contributed by atoms with van der Waals surface area (Å²) in [4.78, 5) is 29.6. The molecule has 4 aromatic rings. The minimum Gasteiger partial charge on any atom is -0.497 e. The molecule has 0 aliphatic carbocycles. The monoisotopic (exact) mass is 524 g/mol. The predicted octanol–water partition coefficient (Wildman–Crippen LogP) is 6.35. The van der Waals surface area contributed by atoms with E-state index in [-0.39, 0.29) is 24.2 Å². The van der Waals surface area contributed by atoms with E-state index in [0.29, 0.717) is 34.9 Å². The molecule has 0 radical (unpaired) electrons. The summed E-state index contributed by atoms with van der Waals surface area (Å²) in [5, 5.41) is 3.04. The fourth-order valence-electron chi connectivity index (χ4n) is 5.03. The number of hydrogen-bond donors (Lipinski definition) is 1. The number of fused-ring (bicyclic) bond motifs is 1. The molecule has 0 fully saturated rings. The smallest absolute Gasteiger partial charge is 0.255 e. The van der Waals surface area contributed by atoms with Crippen molar-refractivity contribution in [3.8, 4) is 11.5 Å². The molecule has 39 heavy (non-hydrogen) atoms. The Balaban J connectivity index is 1.58. The van der Waals surface area contributed by atoms with E-state index < -0.39 is 12.0 Å². The van der Waals surface area contributed by atoms with Crippen molar-refractivity contribution in [1.29, 1.82) is 0 Å². The molecule has 6 nitrogen and oxygen atoms in total. The molecule has 5 rings (SSSR count). The second kappa shape index (κ2) is 11.4. The zero-order chi connectivity index (χ0) is 27.4. The number of amides is 2.